The molecule has 3 aromatic carbocycles. The first-order chi connectivity index (χ1) is 15.6. The number of halogens is 3. The lowest BCUT2D eigenvalue weighted by Crippen LogP contribution is -2.20. The van der Waals surface area contributed by atoms with Crippen molar-refractivity contribution in [2.24, 2.45) is 0 Å². The topological polar surface area (TPSA) is 71.8 Å². The van der Waals surface area contributed by atoms with Crippen LogP contribution in [0.2, 0.25) is 5.02 Å². The number of fused-ring (bicyclic) bond motifs is 1. The first kappa shape index (κ1) is 22.5. The monoisotopic (exact) mass is 481 g/mol. The van der Waals surface area contributed by atoms with Crippen LogP contribution in [0.4, 0.5) is 16.3 Å². The van der Waals surface area contributed by atoms with Crippen LogP contribution >= 0.6 is 24.0 Å². The van der Waals surface area contributed by atoms with Gasteiger partial charge in [0.25, 0.3) is 11.9 Å². The minimum Gasteiger partial charge on any atom is -0.324 e. The Labute approximate surface area is 200 Å². The Morgan fingerprint density at radius 1 is 1.00 bits per heavy atom. The van der Waals surface area contributed by atoms with Gasteiger partial charge in [-0.2, -0.15) is 4.98 Å². The van der Waals surface area contributed by atoms with Gasteiger partial charge in [-0.3, -0.25) is 10.1 Å². The molecule has 0 spiro atoms. The van der Waals surface area contributed by atoms with E-state index in [1.54, 1.807) is 53.2 Å². The first-order valence-corrected chi connectivity index (χ1v) is 10.3. The van der Waals surface area contributed by atoms with Crippen molar-refractivity contribution in [2.75, 3.05) is 10.6 Å². The predicted molar refractivity (Wildman–Crippen MR) is 129 cm³/mol. The number of aromatic nitrogens is 3. The minimum atomic E-state index is -0.354. The van der Waals surface area contributed by atoms with E-state index in [9.17, 15) is 9.18 Å². The SMILES string of the molecule is Cl.O=C(Nc1nc2n(n1)C(c1ccc(F)cc1)C=C(c1ccc(Cl)cc1)N2)c1ccccc1. The summed E-state index contributed by atoms with van der Waals surface area (Å²) in [5.41, 5.74) is 3.04. The number of carbonyl (C=O) groups excluding carboxylic acids is 1. The zero-order valence-corrected chi connectivity index (χ0v) is 18.6. The summed E-state index contributed by atoms with van der Waals surface area (Å²) < 4.78 is 15.2. The molecule has 1 aliphatic heterocycles. The molecule has 0 radical (unpaired) electrons. The average Bonchev–Trinajstić information content (AvgIpc) is 3.22. The van der Waals surface area contributed by atoms with Gasteiger partial charge in [0, 0.05) is 16.3 Å². The van der Waals surface area contributed by atoms with Crippen LogP contribution in [0.3, 0.4) is 0 Å². The van der Waals surface area contributed by atoms with E-state index >= 15 is 0 Å². The van der Waals surface area contributed by atoms with Crippen LogP contribution in [-0.2, 0) is 0 Å². The number of benzene rings is 3. The molecule has 4 aromatic rings. The molecule has 33 heavy (non-hydrogen) atoms. The molecule has 2 heterocycles. The maximum atomic E-state index is 13.5. The minimum absolute atomic E-state index is 0. The molecule has 166 valence electrons. The van der Waals surface area contributed by atoms with Crippen LogP contribution < -0.4 is 10.6 Å². The molecular formula is C24H18Cl2FN5O. The lowest BCUT2D eigenvalue weighted by molar-refractivity contribution is 0.102. The molecule has 0 fully saturated rings. The van der Waals surface area contributed by atoms with Gasteiger partial charge >= 0.3 is 0 Å². The van der Waals surface area contributed by atoms with Gasteiger partial charge in [-0.05, 0) is 53.6 Å². The molecule has 1 aliphatic rings. The molecule has 0 bridgehead atoms. The number of rotatable bonds is 4. The molecule has 0 aliphatic carbocycles. The number of allylic oxidation sites excluding steroid dienone is 1. The maximum absolute atomic E-state index is 13.5. The van der Waals surface area contributed by atoms with E-state index in [-0.39, 0.29) is 36.1 Å². The third kappa shape index (κ3) is 4.74. The Morgan fingerprint density at radius 3 is 2.39 bits per heavy atom. The number of carbonyl (C=O) groups is 1. The van der Waals surface area contributed by atoms with Crippen molar-refractivity contribution < 1.29 is 9.18 Å². The quantitative estimate of drug-likeness (QED) is 0.386. The van der Waals surface area contributed by atoms with Crippen LogP contribution in [0.15, 0.2) is 84.9 Å². The Kier molecular flexibility index (Phi) is 6.44. The molecule has 0 saturated carbocycles. The average molecular weight is 482 g/mol. The van der Waals surface area contributed by atoms with Crippen LogP contribution in [0.5, 0.6) is 0 Å². The second-order valence-electron chi connectivity index (χ2n) is 7.23. The summed E-state index contributed by atoms with van der Waals surface area (Å²) >= 11 is 6.03. The maximum Gasteiger partial charge on any atom is 0.258 e. The van der Waals surface area contributed by atoms with Crippen LogP contribution in [0.1, 0.15) is 27.5 Å². The van der Waals surface area contributed by atoms with E-state index < -0.39 is 0 Å². The summed E-state index contributed by atoms with van der Waals surface area (Å²) in [5, 5.41) is 11.1. The van der Waals surface area contributed by atoms with Gasteiger partial charge in [-0.25, -0.2) is 9.07 Å². The van der Waals surface area contributed by atoms with E-state index in [4.69, 9.17) is 11.6 Å². The van der Waals surface area contributed by atoms with Gasteiger partial charge in [0.15, 0.2) is 0 Å². The highest BCUT2D eigenvalue weighted by Crippen LogP contribution is 2.33. The molecule has 1 amide bonds. The second kappa shape index (κ2) is 9.44. The highest BCUT2D eigenvalue weighted by Gasteiger charge is 2.26. The van der Waals surface area contributed by atoms with Crippen LogP contribution in [-0.4, -0.2) is 20.7 Å². The van der Waals surface area contributed by atoms with E-state index in [1.807, 2.05) is 24.3 Å². The van der Waals surface area contributed by atoms with Crippen molar-refractivity contribution in [1.29, 1.82) is 0 Å². The lowest BCUT2D eigenvalue weighted by Gasteiger charge is -2.24. The van der Waals surface area contributed by atoms with Gasteiger partial charge < -0.3 is 5.32 Å². The van der Waals surface area contributed by atoms with Crippen molar-refractivity contribution in [3.63, 3.8) is 0 Å². The van der Waals surface area contributed by atoms with Crippen LogP contribution in [0, 0.1) is 5.82 Å². The van der Waals surface area contributed by atoms with Gasteiger partial charge in [0.1, 0.15) is 11.9 Å². The summed E-state index contributed by atoms with van der Waals surface area (Å²) in [4.78, 5) is 17.0. The molecule has 1 unspecified atom stereocenters. The van der Waals surface area contributed by atoms with E-state index in [1.165, 1.54) is 12.1 Å². The number of hydrogen-bond donors (Lipinski definition) is 2. The predicted octanol–water partition coefficient (Wildman–Crippen LogP) is 5.80. The highest BCUT2D eigenvalue weighted by molar-refractivity contribution is 6.30. The summed E-state index contributed by atoms with van der Waals surface area (Å²) in [6, 6.07) is 22.1. The molecule has 1 aromatic heterocycles. The zero-order chi connectivity index (χ0) is 22.1. The Morgan fingerprint density at radius 2 is 1.70 bits per heavy atom. The van der Waals surface area contributed by atoms with Crippen molar-refractivity contribution in [2.45, 2.75) is 6.04 Å². The van der Waals surface area contributed by atoms with E-state index in [0.717, 1.165) is 16.8 Å². The Bertz CT molecular complexity index is 1310. The number of hydrogen-bond acceptors (Lipinski definition) is 4. The standard InChI is InChI=1S/C24H17ClFN5O.ClH/c25-18-10-6-15(7-11-18)20-14-21(16-8-12-19(26)13-9-16)31-24(27-20)29-23(30-31)28-22(32)17-4-2-1-3-5-17;/h1-14,21H,(H2,27,28,29,30,32);1H. The zero-order valence-electron chi connectivity index (χ0n) is 17.1. The Hall–Kier alpha value is -3.68. The van der Waals surface area contributed by atoms with Crippen LogP contribution in [0.25, 0.3) is 5.70 Å². The third-order valence-corrected chi connectivity index (χ3v) is 5.35. The van der Waals surface area contributed by atoms with Crippen molar-refractivity contribution in [3.8, 4) is 0 Å². The van der Waals surface area contributed by atoms with Gasteiger partial charge in [0.2, 0.25) is 5.95 Å². The van der Waals surface area contributed by atoms with E-state index in [0.29, 0.717) is 16.5 Å². The molecule has 5 rings (SSSR count). The summed E-state index contributed by atoms with van der Waals surface area (Å²) in [6.07, 6.45) is 1.97. The Balaban J connectivity index is 0.00000259. The van der Waals surface area contributed by atoms with Crippen molar-refractivity contribution in [3.05, 3.63) is 112 Å². The smallest absolute Gasteiger partial charge is 0.258 e. The summed E-state index contributed by atoms with van der Waals surface area (Å²) in [6.45, 7) is 0. The van der Waals surface area contributed by atoms with Crippen molar-refractivity contribution >= 4 is 47.5 Å². The number of nitrogens with one attached hydrogen (secondary N) is 2. The highest BCUT2D eigenvalue weighted by atomic mass is 35.5. The molecule has 0 saturated heterocycles. The number of amides is 1. The molecule has 9 heteroatoms. The second-order valence-corrected chi connectivity index (χ2v) is 7.67. The third-order valence-electron chi connectivity index (χ3n) is 5.09. The molecule has 6 nitrogen and oxygen atoms in total. The fourth-order valence-electron chi connectivity index (χ4n) is 3.50. The number of anilines is 2. The number of nitrogens with zero attached hydrogens (tertiary/aromatic N) is 3. The van der Waals surface area contributed by atoms with E-state index in [2.05, 4.69) is 20.7 Å². The normalized spacial score (nSPS) is 14.4. The fourth-order valence-corrected chi connectivity index (χ4v) is 3.63. The largest absolute Gasteiger partial charge is 0.324 e. The molecular weight excluding hydrogens is 464 g/mol. The lowest BCUT2D eigenvalue weighted by atomic mass is 10.0. The van der Waals surface area contributed by atoms with Gasteiger partial charge in [0.05, 0.1) is 0 Å². The summed E-state index contributed by atoms with van der Waals surface area (Å²) in [7, 11) is 0. The first-order valence-electron chi connectivity index (χ1n) is 9.90. The molecule has 1 atom stereocenters. The summed E-state index contributed by atoms with van der Waals surface area (Å²) in [5.74, 6) is -0.00802. The molecule has 2 N–H and O–H groups in total. The van der Waals surface area contributed by atoms with Gasteiger partial charge in [-0.15, -0.1) is 17.5 Å². The fraction of sp³-hybridized carbons (Fsp3) is 0.0417. The van der Waals surface area contributed by atoms with Gasteiger partial charge in [-0.1, -0.05) is 54.1 Å². The van der Waals surface area contributed by atoms with Crippen molar-refractivity contribution in [1.82, 2.24) is 14.8 Å².